The number of nitrogens with two attached hydrogens (primary N) is 1. The predicted molar refractivity (Wildman–Crippen MR) is 76.5 cm³/mol. The summed E-state index contributed by atoms with van der Waals surface area (Å²) in [4.78, 5) is 11.4. The zero-order valence-electron chi connectivity index (χ0n) is 10.7. The lowest BCUT2D eigenvalue weighted by Crippen LogP contribution is -2.30. The Balaban J connectivity index is 1.95. The third-order valence-corrected chi connectivity index (χ3v) is 3.89. The summed E-state index contributed by atoms with van der Waals surface area (Å²) in [5.74, 6) is 6.62. The third kappa shape index (κ3) is 3.39. The average molecular weight is 276 g/mol. The molecule has 0 aliphatic carbocycles. The van der Waals surface area contributed by atoms with Gasteiger partial charge in [-0.25, -0.2) is 5.84 Å². The van der Waals surface area contributed by atoms with Crippen molar-refractivity contribution in [2.24, 2.45) is 5.84 Å². The van der Waals surface area contributed by atoms with Crippen LogP contribution < -0.4 is 11.3 Å². The van der Waals surface area contributed by atoms with E-state index in [1.807, 2.05) is 12.1 Å². The van der Waals surface area contributed by atoms with Crippen molar-refractivity contribution in [3.8, 4) is 0 Å². The van der Waals surface area contributed by atoms with Crippen molar-refractivity contribution in [3.63, 3.8) is 0 Å². The van der Waals surface area contributed by atoms with Crippen LogP contribution in [0.15, 0.2) is 41.0 Å². The second kappa shape index (κ2) is 6.45. The fourth-order valence-corrected chi connectivity index (χ4v) is 2.85. The van der Waals surface area contributed by atoms with Gasteiger partial charge in [-0.3, -0.25) is 10.2 Å². The van der Waals surface area contributed by atoms with Crippen LogP contribution in [0.3, 0.4) is 0 Å². The van der Waals surface area contributed by atoms with Crippen LogP contribution in [0.1, 0.15) is 27.2 Å². The smallest absolute Gasteiger partial charge is 0.301 e. The topological polar surface area (TPSA) is 68.3 Å². The number of amides is 1. The number of thioether (sulfide) groups is 1. The van der Waals surface area contributed by atoms with Crippen molar-refractivity contribution in [3.05, 3.63) is 59.0 Å². The van der Waals surface area contributed by atoms with Gasteiger partial charge in [-0.05, 0) is 24.1 Å². The van der Waals surface area contributed by atoms with E-state index in [9.17, 15) is 4.79 Å². The van der Waals surface area contributed by atoms with E-state index in [1.54, 1.807) is 17.8 Å². The first-order valence-electron chi connectivity index (χ1n) is 5.92. The van der Waals surface area contributed by atoms with Gasteiger partial charge >= 0.3 is 5.91 Å². The van der Waals surface area contributed by atoms with Gasteiger partial charge < -0.3 is 4.42 Å². The fourth-order valence-electron chi connectivity index (χ4n) is 1.76. The van der Waals surface area contributed by atoms with E-state index in [2.05, 4.69) is 24.5 Å². The largest absolute Gasteiger partial charge is 0.459 e. The Morgan fingerprint density at radius 2 is 2.00 bits per heavy atom. The summed E-state index contributed by atoms with van der Waals surface area (Å²) in [7, 11) is 0. The highest BCUT2D eigenvalue weighted by Gasteiger charge is 2.13. The first kappa shape index (κ1) is 13.7. The molecule has 0 saturated carbocycles. The summed E-state index contributed by atoms with van der Waals surface area (Å²) in [5.41, 5.74) is 5.53. The summed E-state index contributed by atoms with van der Waals surface area (Å²) in [5, 5.41) is 0. The van der Waals surface area contributed by atoms with E-state index in [0.717, 1.165) is 11.3 Å². The van der Waals surface area contributed by atoms with Crippen molar-refractivity contribution in [2.45, 2.75) is 18.4 Å². The van der Waals surface area contributed by atoms with E-state index in [1.165, 1.54) is 17.4 Å². The molecule has 0 unspecified atom stereocenters. The normalized spacial score (nSPS) is 10.4. The molecule has 0 bridgehead atoms. The number of hydrogen-bond acceptors (Lipinski definition) is 4. The molecule has 1 amide bonds. The van der Waals surface area contributed by atoms with Gasteiger partial charge in [-0.15, -0.1) is 0 Å². The minimum Gasteiger partial charge on any atom is -0.459 e. The van der Waals surface area contributed by atoms with E-state index in [4.69, 9.17) is 10.3 Å². The van der Waals surface area contributed by atoms with Crippen molar-refractivity contribution in [1.29, 1.82) is 0 Å². The molecule has 2 aromatic rings. The highest BCUT2D eigenvalue weighted by Crippen LogP contribution is 2.22. The second-order valence-corrected chi connectivity index (χ2v) is 5.15. The van der Waals surface area contributed by atoms with E-state index in [-0.39, 0.29) is 0 Å². The van der Waals surface area contributed by atoms with Gasteiger partial charge in [-0.2, -0.15) is 11.8 Å². The van der Waals surface area contributed by atoms with Crippen LogP contribution >= 0.6 is 11.8 Å². The Morgan fingerprint density at radius 3 is 2.74 bits per heavy atom. The number of carbonyl (C=O) groups is 1. The van der Waals surface area contributed by atoms with Crippen LogP contribution in [-0.2, 0) is 11.5 Å². The molecule has 3 N–H and O–H groups in total. The van der Waals surface area contributed by atoms with Crippen LogP contribution in [0.5, 0.6) is 0 Å². The van der Waals surface area contributed by atoms with Crippen molar-refractivity contribution in [2.75, 3.05) is 0 Å². The molecule has 0 saturated heterocycles. The molecule has 19 heavy (non-hydrogen) atoms. The monoisotopic (exact) mass is 276 g/mol. The van der Waals surface area contributed by atoms with Crippen molar-refractivity contribution < 1.29 is 9.21 Å². The molecule has 0 aliphatic heterocycles. The lowest BCUT2D eigenvalue weighted by Gasteiger charge is -2.05. The van der Waals surface area contributed by atoms with Crippen LogP contribution in [0.25, 0.3) is 0 Å². The number of nitrogens with one attached hydrogen (secondary N) is 1. The molecule has 1 aromatic heterocycles. The number of rotatable bonds is 5. The Kier molecular flexibility index (Phi) is 4.65. The molecule has 0 radical (unpaired) electrons. The van der Waals surface area contributed by atoms with Gasteiger partial charge in [0.15, 0.2) is 5.76 Å². The summed E-state index contributed by atoms with van der Waals surface area (Å²) < 4.78 is 5.14. The molecule has 0 atom stereocenters. The van der Waals surface area contributed by atoms with Gasteiger partial charge in [0.1, 0.15) is 0 Å². The summed E-state index contributed by atoms with van der Waals surface area (Å²) >= 11 is 1.74. The van der Waals surface area contributed by atoms with Crippen LogP contribution in [0.2, 0.25) is 0 Å². The van der Waals surface area contributed by atoms with Gasteiger partial charge in [0.2, 0.25) is 0 Å². The average Bonchev–Trinajstić information content (AvgIpc) is 2.88. The summed E-state index contributed by atoms with van der Waals surface area (Å²) in [6.45, 7) is 2.10. The molecule has 4 nitrogen and oxygen atoms in total. The number of hydrogen-bond donors (Lipinski definition) is 2. The first-order chi connectivity index (χ1) is 9.22. The number of benzene rings is 1. The number of nitrogen functional groups attached to an aromatic ring is 1. The summed E-state index contributed by atoms with van der Waals surface area (Å²) in [6, 6.07) is 10.1. The van der Waals surface area contributed by atoms with Crippen LogP contribution in [0, 0.1) is 6.92 Å². The first-order valence-corrected chi connectivity index (χ1v) is 7.07. The van der Waals surface area contributed by atoms with Crippen molar-refractivity contribution >= 4 is 17.7 Å². The Bertz CT molecular complexity index is 566. The molecule has 1 aromatic carbocycles. The molecular formula is C14H16N2O2S. The Hall–Kier alpha value is -1.72. The minimum atomic E-state index is -0.392. The third-order valence-electron chi connectivity index (χ3n) is 2.86. The van der Waals surface area contributed by atoms with Crippen LogP contribution in [0.4, 0.5) is 0 Å². The van der Waals surface area contributed by atoms with Gasteiger partial charge in [0.05, 0.1) is 6.26 Å². The lowest BCUT2D eigenvalue weighted by atomic mass is 10.1. The number of aryl methyl sites for hydroxylation is 1. The van der Waals surface area contributed by atoms with Gasteiger partial charge in [0, 0.05) is 17.1 Å². The Labute approximate surface area is 116 Å². The van der Waals surface area contributed by atoms with Gasteiger partial charge in [-0.1, -0.05) is 24.3 Å². The van der Waals surface area contributed by atoms with Gasteiger partial charge in [0.25, 0.3) is 0 Å². The summed E-state index contributed by atoms with van der Waals surface area (Å²) in [6.07, 6.45) is 1.51. The maximum absolute atomic E-state index is 11.4. The molecule has 5 heteroatoms. The minimum absolute atomic E-state index is 0.291. The zero-order chi connectivity index (χ0) is 13.7. The Morgan fingerprint density at radius 1 is 1.26 bits per heavy atom. The second-order valence-electron chi connectivity index (χ2n) is 4.17. The molecule has 0 spiro atoms. The molecule has 1 heterocycles. The molecule has 0 aliphatic rings. The van der Waals surface area contributed by atoms with Crippen molar-refractivity contribution in [1.82, 2.24) is 5.43 Å². The molecule has 100 valence electrons. The number of furan rings is 1. The standard InChI is InChI=1S/C14H16N2O2S/c1-10-4-2-3-5-11(10)8-19-9-12-6-7-18-13(12)14(17)16-15/h2-7H,8-9,15H2,1H3,(H,16,17). The highest BCUT2D eigenvalue weighted by molar-refractivity contribution is 7.97. The molecule has 0 fully saturated rings. The molecular weight excluding hydrogens is 260 g/mol. The maximum Gasteiger partial charge on any atom is 0.301 e. The van der Waals surface area contributed by atoms with E-state index >= 15 is 0 Å². The predicted octanol–water partition coefficient (Wildman–Crippen LogP) is 2.62. The SMILES string of the molecule is Cc1ccccc1CSCc1ccoc1C(=O)NN. The quantitative estimate of drug-likeness (QED) is 0.500. The molecule has 2 rings (SSSR count). The van der Waals surface area contributed by atoms with Crippen LogP contribution in [-0.4, -0.2) is 5.91 Å². The maximum atomic E-state index is 11.4. The fraction of sp³-hybridized carbons (Fsp3) is 0.214. The number of hydrazine groups is 1. The van der Waals surface area contributed by atoms with E-state index < -0.39 is 5.91 Å². The van der Waals surface area contributed by atoms with E-state index in [0.29, 0.717) is 11.5 Å². The lowest BCUT2D eigenvalue weighted by molar-refractivity contribution is 0.0925. The highest BCUT2D eigenvalue weighted by atomic mass is 32.2. The zero-order valence-corrected chi connectivity index (χ0v) is 11.5. The number of carbonyl (C=O) groups excluding carboxylic acids is 1.